The molecule has 1 aliphatic heterocycles. The van der Waals surface area contributed by atoms with Crippen LogP contribution in [0.3, 0.4) is 0 Å². The Morgan fingerprint density at radius 3 is 2.84 bits per heavy atom. The molecular formula is C21H32N2O2. The molecule has 3 fully saturated rings. The molecule has 0 spiro atoms. The van der Waals surface area contributed by atoms with Crippen molar-refractivity contribution in [1.29, 1.82) is 0 Å². The maximum atomic E-state index is 12.5. The van der Waals surface area contributed by atoms with E-state index in [0.717, 1.165) is 18.2 Å². The molecule has 138 valence electrons. The first-order valence-corrected chi connectivity index (χ1v) is 10.2. The van der Waals surface area contributed by atoms with Gasteiger partial charge in [-0.05, 0) is 62.2 Å². The molecular weight excluding hydrogens is 312 g/mol. The Balaban J connectivity index is 1.65. The monoisotopic (exact) mass is 344 g/mol. The molecule has 4 rings (SSSR count). The summed E-state index contributed by atoms with van der Waals surface area (Å²) in [7, 11) is 0. The summed E-state index contributed by atoms with van der Waals surface area (Å²) in [6, 6.07) is 0. The molecule has 2 N–H and O–H groups in total. The maximum Gasteiger partial charge on any atom is 0.230 e. The first kappa shape index (κ1) is 17.1. The lowest BCUT2D eigenvalue weighted by atomic mass is 9.50. The quantitative estimate of drug-likeness (QED) is 0.757. The zero-order valence-electron chi connectivity index (χ0n) is 15.9. The molecule has 3 aliphatic carbocycles. The molecule has 1 saturated heterocycles. The van der Waals surface area contributed by atoms with E-state index in [1.54, 1.807) is 6.08 Å². The summed E-state index contributed by atoms with van der Waals surface area (Å²) in [6.07, 6.45) is 9.06. The smallest absolute Gasteiger partial charge is 0.230 e. The molecule has 4 nitrogen and oxygen atoms in total. The van der Waals surface area contributed by atoms with E-state index in [9.17, 15) is 9.59 Å². The molecule has 0 aromatic heterocycles. The van der Waals surface area contributed by atoms with Crippen molar-refractivity contribution in [1.82, 2.24) is 10.6 Å². The number of amides is 1. The van der Waals surface area contributed by atoms with Gasteiger partial charge in [-0.15, -0.1) is 0 Å². The van der Waals surface area contributed by atoms with Crippen molar-refractivity contribution >= 4 is 11.7 Å². The van der Waals surface area contributed by atoms with Crippen molar-refractivity contribution in [3.63, 3.8) is 0 Å². The first-order valence-electron chi connectivity index (χ1n) is 10.2. The van der Waals surface area contributed by atoms with E-state index in [1.807, 2.05) is 6.92 Å². The van der Waals surface area contributed by atoms with Gasteiger partial charge < -0.3 is 10.6 Å². The standard InChI is InChI=1S/C21H32N2O2/c1-4-22-19(25)13-11-21(3)16-7-9-20(2)8-5-6-15(20)14(16)12-23-18(21)10-17(13)24/h10,13-16,23H,4-9,11-12H2,1-3H3,(H,22,25)/t13?,14-,15-,16-,20-,21+/m0/s1. The van der Waals surface area contributed by atoms with Crippen LogP contribution in [0.25, 0.3) is 0 Å². The number of piperidine rings is 1. The third-order valence-corrected chi connectivity index (χ3v) is 8.11. The van der Waals surface area contributed by atoms with Crippen LogP contribution in [0, 0.1) is 34.5 Å². The number of hydrogen-bond acceptors (Lipinski definition) is 3. The van der Waals surface area contributed by atoms with Gasteiger partial charge in [-0.25, -0.2) is 0 Å². The van der Waals surface area contributed by atoms with E-state index in [2.05, 4.69) is 24.5 Å². The second-order valence-corrected chi connectivity index (χ2v) is 9.37. The highest BCUT2D eigenvalue weighted by Crippen LogP contribution is 2.62. The van der Waals surface area contributed by atoms with Crippen LogP contribution in [0.2, 0.25) is 0 Å². The molecule has 0 radical (unpaired) electrons. The summed E-state index contributed by atoms with van der Waals surface area (Å²) in [5, 5.41) is 6.49. The highest BCUT2D eigenvalue weighted by atomic mass is 16.2. The molecule has 2 saturated carbocycles. The number of carbonyl (C=O) groups excluding carboxylic acids is 2. The second-order valence-electron chi connectivity index (χ2n) is 9.37. The molecule has 4 aliphatic rings. The minimum absolute atomic E-state index is 0.0223. The van der Waals surface area contributed by atoms with Crippen LogP contribution in [0.15, 0.2) is 11.8 Å². The molecule has 25 heavy (non-hydrogen) atoms. The Kier molecular flexibility index (Phi) is 4.01. The number of nitrogens with one attached hydrogen (secondary N) is 2. The minimum atomic E-state index is -0.508. The largest absolute Gasteiger partial charge is 0.387 e. The molecule has 1 heterocycles. The van der Waals surface area contributed by atoms with Crippen LogP contribution in [-0.4, -0.2) is 24.8 Å². The lowest BCUT2D eigenvalue weighted by Crippen LogP contribution is -2.57. The fourth-order valence-electron chi connectivity index (χ4n) is 6.75. The lowest BCUT2D eigenvalue weighted by molar-refractivity contribution is -0.135. The van der Waals surface area contributed by atoms with Crippen LogP contribution < -0.4 is 10.6 Å². The summed E-state index contributed by atoms with van der Waals surface area (Å²) >= 11 is 0. The van der Waals surface area contributed by atoms with Crippen molar-refractivity contribution in [2.75, 3.05) is 13.1 Å². The van der Waals surface area contributed by atoms with E-state index in [-0.39, 0.29) is 17.1 Å². The van der Waals surface area contributed by atoms with Gasteiger partial charge in [-0.1, -0.05) is 20.3 Å². The fourth-order valence-corrected chi connectivity index (χ4v) is 6.75. The zero-order chi connectivity index (χ0) is 17.8. The summed E-state index contributed by atoms with van der Waals surface area (Å²) in [4.78, 5) is 25.0. The van der Waals surface area contributed by atoms with E-state index in [4.69, 9.17) is 0 Å². The fraction of sp³-hybridized carbons (Fsp3) is 0.810. The normalized spacial score (nSPS) is 45.6. The lowest BCUT2D eigenvalue weighted by Gasteiger charge is -2.58. The minimum Gasteiger partial charge on any atom is -0.387 e. The van der Waals surface area contributed by atoms with Crippen molar-refractivity contribution < 1.29 is 9.59 Å². The van der Waals surface area contributed by atoms with Crippen molar-refractivity contribution in [2.24, 2.45) is 34.5 Å². The zero-order valence-corrected chi connectivity index (χ0v) is 15.9. The average molecular weight is 344 g/mol. The van der Waals surface area contributed by atoms with E-state index >= 15 is 0 Å². The van der Waals surface area contributed by atoms with Crippen molar-refractivity contribution in [3.8, 4) is 0 Å². The Morgan fingerprint density at radius 2 is 2.08 bits per heavy atom. The summed E-state index contributed by atoms with van der Waals surface area (Å²) in [5.74, 6) is 1.47. The van der Waals surface area contributed by atoms with Crippen LogP contribution >= 0.6 is 0 Å². The van der Waals surface area contributed by atoms with Gasteiger partial charge in [-0.2, -0.15) is 0 Å². The van der Waals surface area contributed by atoms with Crippen molar-refractivity contribution in [3.05, 3.63) is 11.8 Å². The summed E-state index contributed by atoms with van der Waals surface area (Å²) in [5.41, 5.74) is 1.56. The van der Waals surface area contributed by atoms with Gasteiger partial charge in [0.05, 0.1) is 0 Å². The molecule has 0 bridgehead atoms. The third kappa shape index (κ3) is 2.47. The number of fused-ring (bicyclic) bond motifs is 5. The van der Waals surface area contributed by atoms with Gasteiger partial charge in [0.2, 0.25) is 5.91 Å². The van der Waals surface area contributed by atoms with E-state index in [0.29, 0.717) is 30.2 Å². The molecule has 0 aromatic carbocycles. The number of carbonyl (C=O) groups is 2. The third-order valence-electron chi connectivity index (χ3n) is 8.11. The summed E-state index contributed by atoms with van der Waals surface area (Å²) in [6.45, 7) is 8.30. The predicted molar refractivity (Wildman–Crippen MR) is 97.7 cm³/mol. The number of ketones is 1. The van der Waals surface area contributed by atoms with Crippen LogP contribution in [0.1, 0.15) is 59.3 Å². The Labute approximate surface area is 151 Å². The van der Waals surface area contributed by atoms with Gasteiger partial charge in [-0.3, -0.25) is 9.59 Å². The number of rotatable bonds is 2. The molecule has 6 atom stereocenters. The van der Waals surface area contributed by atoms with Crippen LogP contribution in [-0.2, 0) is 9.59 Å². The van der Waals surface area contributed by atoms with Gasteiger partial charge in [0.25, 0.3) is 0 Å². The number of allylic oxidation sites excluding steroid dienone is 2. The number of hydrogen-bond donors (Lipinski definition) is 2. The highest BCUT2D eigenvalue weighted by Gasteiger charge is 2.58. The van der Waals surface area contributed by atoms with E-state index in [1.165, 1.54) is 32.1 Å². The molecule has 0 aromatic rings. The predicted octanol–water partition coefficient (Wildman–Crippen LogP) is 3.04. The van der Waals surface area contributed by atoms with Crippen LogP contribution in [0.5, 0.6) is 0 Å². The van der Waals surface area contributed by atoms with Gasteiger partial charge in [0, 0.05) is 30.3 Å². The summed E-state index contributed by atoms with van der Waals surface area (Å²) < 4.78 is 0. The van der Waals surface area contributed by atoms with Crippen molar-refractivity contribution in [2.45, 2.75) is 59.3 Å². The topological polar surface area (TPSA) is 58.2 Å². The second kappa shape index (κ2) is 5.85. The Bertz CT molecular complexity index is 627. The van der Waals surface area contributed by atoms with Gasteiger partial charge in [0.1, 0.15) is 5.92 Å². The first-order chi connectivity index (χ1) is 11.9. The average Bonchev–Trinajstić information content (AvgIpc) is 2.97. The Hall–Kier alpha value is -1.32. The van der Waals surface area contributed by atoms with Crippen LogP contribution in [0.4, 0.5) is 0 Å². The molecule has 1 unspecified atom stereocenters. The molecule has 4 heteroatoms. The molecule has 1 amide bonds. The SMILES string of the molecule is CCNC(=O)C1C[C@@]2(C)C(=CC1=O)NC[C@H]1[C@@H]3CCC[C@@]3(C)CC[C@@H]12. The van der Waals surface area contributed by atoms with Gasteiger partial charge >= 0.3 is 0 Å². The van der Waals surface area contributed by atoms with Gasteiger partial charge in [0.15, 0.2) is 5.78 Å². The van der Waals surface area contributed by atoms with E-state index < -0.39 is 5.92 Å². The maximum absolute atomic E-state index is 12.5. The highest BCUT2D eigenvalue weighted by molar-refractivity contribution is 6.07. The Morgan fingerprint density at radius 1 is 1.28 bits per heavy atom.